The fraction of sp³-hybridized carbons (Fsp3) is 0.565. The Morgan fingerprint density at radius 3 is 2.82 bits per heavy atom. The molecule has 1 aromatic heterocycles. The Bertz CT molecular complexity index is 884. The maximum atomic E-state index is 12.2. The number of rotatable bonds is 8. The number of piperazine rings is 1. The summed E-state index contributed by atoms with van der Waals surface area (Å²) in [4.78, 5) is 14.6. The summed E-state index contributed by atoms with van der Waals surface area (Å²) in [7, 11) is 1.59. The molecule has 0 bridgehead atoms. The third-order valence-electron chi connectivity index (χ3n) is 6.03. The van der Waals surface area contributed by atoms with Gasteiger partial charge in [-0.2, -0.15) is 0 Å². The zero-order valence-corrected chi connectivity index (χ0v) is 19.0. The van der Waals surface area contributed by atoms with E-state index in [1.807, 2.05) is 6.07 Å². The van der Waals surface area contributed by atoms with Crippen LogP contribution in [0.15, 0.2) is 34.9 Å². The SMILES string of the molecule is COc1ccc(NC(=O)NC[C@H]2O[C@H](Cc3cc(CN4CCNCC4)on3)CC[C@@H]2O)cc1. The van der Waals surface area contributed by atoms with E-state index in [2.05, 4.69) is 26.0 Å². The van der Waals surface area contributed by atoms with Crippen molar-refractivity contribution in [3.8, 4) is 5.75 Å². The Kier molecular flexibility index (Phi) is 8.16. The van der Waals surface area contributed by atoms with Crippen LogP contribution in [0.2, 0.25) is 0 Å². The highest BCUT2D eigenvalue weighted by Gasteiger charge is 2.31. The van der Waals surface area contributed by atoms with Gasteiger partial charge in [0.15, 0.2) is 5.76 Å². The monoisotopic (exact) mass is 459 g/mol. The Morgan fingerprint density at radius 2 is 2.06 bits per heavy atom. The van der Waals surface area contributed by atoms with E-state index < -0.39 is 12.2 Å². The summed E-state index contributed by atoms with van der Waals surface area (Å²) in [5.41, 5.74) is 1.50. The number of urea groups is 1. The molecule has 4 N–H and O–H groups in total. The van der Waals surface area contributed by atoms with E-state index in [4.69, 9.17) is 14.0 Å². The topological polar surface area (TPSA) is 121 Å². The van der Waals surface area contributed by atoms with Crippen molar-refractivity contribution in [2.24, 2.45) is 0 Å². The number of hydrogen-bond acceptors (Lipinski definition) is 8. The molecule has 2 aliphatic rings. The van der Waals surface area contributed by atoms with Crippen LogP contribution in [-0.4, -0.2) is 79.3 Å². The van der Waals surface area contributed by atoms with Crippen LogP contribution in [0, 0.1) is 0 Å². The normalized spacial score (nSPS) is 23.8. The predicted octanol–water partition coefficient (Wildman–Crippen LogP) is 1.36. The standard InChI is InChI=1S/C23H33N5O5/c1-31-18-4-2-16(3-5-18)26-23(30)25-14-22-21(29)7-6-19(32-22)12-17-13-20(33-27-17)15-28-10-8-24-9-11-28/h2-5,13,19,21-22,24,29H,6-12,14-15H2,1H3,(H2,25,26,30)/t19-,21-,22+/m0/s1. The van der Waals surface area contributed by atoms with Crippen LogP contribution < -0.4 is 20.7 Å². The van der Waals surface area contributed by atoms with Crippen molar-refractivity contribution >= 4 is 11.7 Å². The highest BCUT2D eigenvalue weighted by Crippen LogP contribution is 2.23. The molecule has 0 radical (unpaired) electrons. The largest absolute Gasteiger partial charge is 0.497 e. The van der Waals surface area contributed by atoms with Crippen LogP contribution in [0.4, 0.5) is 10.5 Å². The molecule has 2 aliphatic heterocycles. The number of aliphatic hydroxyl groups is 1. The van der Waals surface area contributed by atoms with Gasteiger partial charge in [0.25, 0.3) is 0 Å². The Morgan fingerprint density at radius 1 is 1.27 bits per heavy atom. The molecule has 0 saturated carbocycles. The number of ether oxygens (including phenoxy) is 2. The number of methoxy groups -OCH3 is 1. The number of carbonyl (C=O) groups excluding carboxylic acids is 1. The Hall–Kier alpha value is -2.66. The Labute approximate surface area is 193 Å². The lowest BCUT2D eigenvalue weighted by Crippen LogP contribution is -2.47. The number of benzene rings is 1. The van der Waals surface area contributed by atoms with Gasteiger partial charge in [0.2, 0.25) is 0 Å². The molecule has 1 aromatic carbocycles. The van der Waals surface area contributed by atoms with Gasteiger partial charge in [0.1, 0.15) is 11.9 Å². The third kappa shape index (κ3) is 6.91. The van der Waals surface area contributed by atoms with Crippen molar-refractivity contribution in [1.29, 1.82) is 0 Å². The fourth-order valence-corrected chi connectivity index (χ4v) is 4.18. The van der Waals surface area contributed by atoms with Crippen molar-refractivity contribution in [3.05, 3.63) is 41.8 Å². The van der Waals surface area contributed by atoms with Crippen molar-refractivity contribution in [3.63, 3.8) is 0 Å². The van der Waals surface area contributed by atoms with Gasteiger partial charge in [-0.15, -0.1) is 0 Å². The second kappa shape index (κ2) is 11.5. The maximum absolute atomic E-state index is 12.2. The quantitative estimate of drug-likeness (QED) is 0.467. The molecule has 0 aliphatic carbocycles. The molecule has 3 heterocycles. The maximum Gasteiger partial charge on any atom is 0.319 e. The van der Waals surface area contributed by atoms with E-state index in [1.165, 1.54) is 0 Å². The molecular formula is C23H33N5O5. The number of amides is 2. The lowest BCUT2D eigenvalue weighted by atomic mass is 9.98. The molecule has 33 heavy (non-hydrogen) atoms. The lowest BCUT2D eigenvalue weighted by molar-refractivity contribution is -0.113. The summed E-state index contributed by atoms with van der Waals surface area (Å²) < 4.78 is 16.7. The van der Waals surface area contributed by atoms with Crippen LogP contribution in [0.1, 0.15) is 24.3 Å². The molecule has 10 nitrogen and oxygen atoms in total. The van der Waals surface area contributed by atoms with Gasteiger partial charge < -0.3 is 35.1 Å². The highest BCUT2D eigenvalue weighted by molar-refractivity contribution is 5.89. The average molecular weight is 460 g/mol. The summed E-state index contributed by atoms with van der Waals surface area (Å²) in [6.45, 7) is 4.96. The molecule has 4 rings (SSSR count). The second-order valence-electron chi connectivity index (χ2n) is 8.52. The molecule has 3 atom stereocenters. The average Bonchev–Trinajstić information content (AvgIpc) is 3.27. The van der Waals surface area contributed by atoms with E-state index in [9.17, 15) is 9.90 Å². The molecule has 10 heteroatoms. The van der Waals surface area contributed by atoms with Crippen molar-refractivity contribution in [1.82, 2.24) is 20.7 Å². The number of carbonyl (C=O) groups is 1. The smallest absolute Gasteiger partial charge is 0.319 e. The van der Waals surface area contributed by atoms with E-state index in [1.54, 1.807) is 31.4 Å². The summed E-state index contributed by atoms with van der Waals surface area (Å²) in [6, 6.07) is 8.70. The van der Waals surface area contributed by atoms with Crippen LogP contribution in [0.3, 0.4) is 0 Å². The molecule has 0 unspecified atom stereocenters. The Balaban J connectivity index is 1.22. The molecule has 180 valence electrons. The fourth-order valence-electron chi connectivity index (χ4n) is 4.18. The van der Waals surface area contributed by atoms with Crippen LogP contribution in [0.25, 0.3) is 0 Å². The van der Waals surface area contributed by atoms with E-state index in [-0.39, 0.29) is 18.7 Å². The first-order chi connectivity index (χ1) is 16.1. The van der Waals surface area contributed by atoms with Gasteiger partial charge in [-0.05, 0) is 37.1 Å². The first kappa shape index (κ1) is 23.5. The predicted molar refractivity (Wildman–Crippen MR) is 122 cm³/mol. The molecule has 2 fully saturated rings. The number of nitrogens with one attached hydrogen (secondary N) is 3. The summed E-state index contributed by atoms with van der Waals surface area (Å²) in [5.74, 6) is 1.57. The van der Waals surface area contributed by atoms with Gasteiger partial charge >= 0.3 is 6.03 Å². The number of aliphatic hydroxyl groups excluding tert-OH is 1. The third-order valence-corrected chi connectivity index (χ3v) is 6.03. The highest BCUT2D eigenvalue weighted by atomic mass is 16.5. The number of aromatic nitrogens is 1. The van der Waals surface area contributed by atoms with Crippen LogP contribution >= 0.6 is 0 Å². The molecule has 2 aromatic rings. The molecule has 2 saturated heterocycles. The second-order valence-corrected chi connectivity index (χ2v) is 8.52. The summed E-state index contributed by atoms with van der Waals surface area (Å²) >= 11 is 0. The number of hydrogen-bond donors (Lipinski definition) is 4. The van der Waals surface area contributed by atoms with Crippen LogP contribution in [-0.2, 0) is 17.7 Å². The van der Waals surface area contributed by atoms with Crippen molar-refractivity contribution in [2.75, 3.05) is 45.2 Å². The molecular weight excluding hydrogens is 426 g/mol. The summed E-state index contributed by atoms with van der Waals surface area (Å²) in [5, 5.41) is 23.4. The zero-order chi connectivity index (χ0) is 23.0. The van der Waals surface area contributed by atoms with E-state index >= 15 is 0 Å². The molecule has 0 spiro atoms. The first-order valence-corrected chi connectivity index (χ1v) is 11.5. The molecule has 2 amide bonds. The van der Waals surface area contributed by atoms with Gasteiger partial charge in [-0.3, -0.25) is 4.90 Å². The van der Waals surface area contributed by atoms with Gasteiger partial charge in [-0.25, -0.2) is 4.79 Å². The summed E-state index contributed by atoms with van der Waals surface area (Å²) in [6.07, 6.45) is 0.785. The zero-order valence-electron chi connectivity index (χ0n) is 19.0. The van der Waals surface area contributed by atoms with Gasteiger partial charge in [0, 0.05) is 50.9 Å². The van der Waals surface area contributed by atoms with Crippen LogP contribution in [0.5, 0.6) is 5.75 Å². The minimum Gasteiger partial charge on any atom is -0.497 e. The minimum absolute atomic E-state index is 0.0815. The number of nitrogens with zero attached hydrogens (tertiary/aromatic N) is 2. The minimum atomic E-state index is -0.622. The lowest BCUT2D eigenvalue weighted by Gasteiger charge is -2.33. The van der Waals surface area contributed by atoms with E-state index in [0.717, 1.165) is 50.6 Å². The van der Waals surface area contributed by atoms with Gasteiger partial charge in [0.05, 0.1) is 31.6 Å². The van der Waals surface area contributed by atoms with E-state index in [0.29, 0.717) is 24.3 Å². The van der Waals surface area contributed by atoms with Crippen molar-refractivity contribution < 1.29 is 23.9 Å². The first-order valence-electron chi connectivity index (χ1n) is 11.5. The van der Waals surface area contributed by atoms with Crippen molar-refractivity contribution in [2.45, 2.75) is 44.1 Å². The van der Waals surface area contributed by atoms with Gasteiger partial charge in [-0.1, -0.05) is 5.16 Å². The number of anilines is 1.